The average molecular weight is 389 g/mol. The molecule has 0 aliphatic rings. The van der Waals surface area contributed by atoms with E-state index in [0.717, 1.165) is 0 Å². The topological polar surface area (TPSA) is 77.8 Å². The quantitative estimate of drug-likeness (QED) is 0.451. The van der Waals surface area contributed by atoms with Crippen molar-refractivity contribution < 1.29 is 13.3 Å². The Bertz CT molecular complexity index is 1040. The predicted molar refractivity (Wildman–Crippen MR) is 94.0 cm³/mol. The molecule has 0 saturated heterocycles. The fraction of sp³-hybridized carbons (Fsp3) is 0.0588. The highest BCUT2D eigenvalue weighted by Gasteiger charge is 2.14. The molecule has 2 aromatic heterocycles. The Morgan fingerprint density at radius 1 is 1.00 bits per heavy atom. The number of hydrogen-bond acceptors (Lipinski definition) is 7. The van der Waals surface area contributed by atoms with Crippen molar-refractivity contribution in [3.8, 4) is 22.9 Å². The van der Waals surface area contributed by atoms with Gasteiger partial charge in [0.2, 0.25) is 5.89 Å². The molecular weight excluding hydrogens is 379 g/mol. The summed E-state index contributed by atoms with van der Waals surface area (Å²) in [5.74, 6) is 1.21. The number of thioether (sulfide) groups is 1. The van der Waals surface area contributed by atoms with Gasteiger partial charge in [-0.25, -0.2) is 4.39 Å². The molecule has 4 aromatic rings. The first kappa shape index (κ1) is 16.7. The molecule has 2 aromatic carbocycles. The highest BCUT2D eigenvalue weighted by Crippen LogP contribution is 2.28. The lowest BCUT2D eigenvalue weighted by Crippen LogP contribution is -1.85. The van der Waals surface area contributed by atoms with Crippen molar-refractivity contribution >= 4 is 23.4 Å². The standard InChI is InChI=1S/C17H10ClFN4O2S/c18-13-4-2-1-3-12(13)16-20-14(23-25-16)9-26-17-22-21-15(24-17)10-5-7-11(19)8-6-10/h1-8H,9H2. The van der Waals surface area contributed by atoms with Crippen LogP contribution in [0.2, 0.25) is 5.02 Å². The number of rotatable bonds is 5. The minimum atomic E-state index is -0.325. The molecule has 130 valence electrons. The first-order valence-corrected chi connectivity index (χ1v) is 8.85. The van der Waals surface area contributed by atoms with Gasteiger partial charge in [-0.2, -0.15) is 4.98 Å². The van der Waals surface area contributed by atoms with Crippen LogP contribution in [0.3, 0.4) is 0 Å². The largest absolute Gasteiger partial charge is 0.411 e. The maximum absolute atomic E-state index is 13.0. The maximum atomic E-state index is 13.0. The SMILES string of the molecule is Fc1ccc(-c2nnc(SCc3noc(-c4ccccc4Cl)n3)o2)cc1. The fourth-order valence-electron chi connectivity index (χ4n) is 2.16. The number of nitrogens with zero attached hydrogens (tertiary/aromatic N) is 4. The number of hydrogen-bond donors (Lipinski definition) is 0. The van der Waals surface area contributed by atoms with E-state index in [2.05, 4.69) is 20.3 Å². The van der Waals surface area contributed by atoms with Gasteiger partial charge >= 0.3 is 0 Å². The van der Waals surface area contributed by atoms with Crippen LogP contribution < -0.4 is 0 Å². The normalized spacial score (nSPS) is 11.0. The van der Waals surface area contributed by atoms with Crippen molar-refractivity contribution in [1.82, 2.24) is 20.3 Å². The van der Waals surface area contributed by atoms with Gasteiger partial charge in [-0.3, -0.25) is 0 Å². The molecule has 0 saturated carbocycles. The zero-order chi connectivity index (χ0) is 17.9. The minimum Gasteiger partial charge on any atom is -0.411 e. The lowest BCUT2D eigenvalue weighted by Gasteiger charge is -1.95. The van der Waals surface area contributed by atoms with Gasteiger partial charge in [-0.15, -0.1) is 10.2 Å². The molecule has 0 N–H and O–H groups in total. The molecule has 0 spiro atoms. The first-order chi connectivity index (χ1) is 12.7. The molecule has 0 unspecified atom stereocenters. The van der Waals surface area contributed by atoms with Crippen LogP contribution >= 0.6 is 23.4 Å². The van der Waals surface area contributed by atoms with E-state index in [9.17, 15) is 4.39 Å². The Morgan fingerprint density at radius 3 is 2.62 bits per heavy atom. The molecule has 4 rings (SSSR count). The monoisotopic (exact) mass is 388 g/mol. The second-order valence-electron chi connectivity index (χ2n) is 5.16. The highest BCUT2D eigenvalue weighted by molar-refractivity contribution is 7.98. The summed E-state index contributed by atoms with van der Waals surface area (Å²) in [4.78, 5) is 4.32. The lowest BCUT2D eigenvalue weighted by molar-refractivity contribution is 0.425. The van der Waals surface area contributed by atoms with Crippen molar-refractivity contribution in [1.29, 1.82) is 0 Å². The van der Waals surface area contributed by atoms with E-state index < -0.39 is 0 Å². The van der Waals surface area contributed by atoms with Crippen LogP contribution in [-0.2, 0) is 5.75 Å². The van der Waals surface area contributed by atoms with E-state index in [1.54, 1.807) is 24.3 Å². The molecule has 0 amide bonds. The second-order valence-corrected chi connectivity index (χ2v) is 6.50. The van der Waals surface area contributed by atoms with E-state index in [4.69, 9.17) is 20.5 Å². The van der Waals surface area contributed by atoms with E-state index in [-0.39, 0.29) is 5.82 Å². The first-order valence-electron chi connectivity index (χ1n) is 7.49. The van der Waals surface area contributed by atoms with Gasteiger partial charge in [0.05, 0.1) is 16.3 Å². The molecule has 26 heavy (non-hydrogen) atoms. The zero-order valence-corrected chi connectivity index (χ0v) is 14.7. The molecule has 0 atom stereocenters. The second kappa shape index (κ2) is 7.27. The van der Waals surface area contributed by atoms with Crippen LogP contribution in [-0.4, -0.2) is 20.3 Å². The van der Waals surface area contributed by atoms with Crippen LogP contribution in [0.25, 0.3) is 22.9 Å². The molecular formula is C17H10ClFN4O2S. The summed E-state index contributed by atoms with van der Waals surface area (Å²) in [6.07, 6.45) is 0. The van der Waals surface area contributed by atoms with Gasteiger partial charge in [0.25, 0.3) is 11.1 Å². The van der Waals surface area contributed by atoms with Gasteiger partial charge in [-0.1, -0.05) is 40.7 Å². The zero-order valence-electron chi connectivity index (χ0n) is 13.1. The molecule has 0 fully saturated rings. The molecule has 2 heterocycles. The van der Waals surface area contributed by atoms with Crippen molar-refractivity contribution in [2.45, 2.75) is 11.0 Å². The van der Waals surface area contributed by atoms with Crippen LogP contribution in [0.15, 0.2) is 62.7 Å². The van der Waals surface area contributed by atoms with Gasteiger partial charge < -0.3 is 8.94 Å². The Morgan fingerprint density at radius 2 is 1.81 bits per heavy atom. The molecule has 0 aliphatic carbocycles. The molecule has 0 bridgehead atoms. The molecule has 0 aliphatic heterocycles. The summed E-state index contributed by atoms with van der Waals surface area (Å²) in [5, 5.41) is 12.7. The summed E-state index contributed by atoms with van der Waals surface area (Å²) in [7, 11) is 0. The Labute approximate surface area is 156 Å². The maximum Gasteiger partial charge on any atom is 0.277 e. The van der Waals surface area contributed by atoms with E-state index in [1.165, 1.54) is 23.9 Å². The number of halogens is 2. The smallest absolute Gasteiger partial charge is 0.277 e. The third kappa shape index (κ3) is 3.61. The van der Waals surface area contributed by atoms with Crippen LogP contribution in [0.4, 0.5) is 4.39 Å². The van der Waals surface area contributed by atoms with Gasteiger partial charge in [-0.05, 0) is 36.4 Å². The number of aromatic nitrogens is 4. The average Bonchev–Trinajstić information content (AvgIpc) is 3.30. The number of benzene rings is 2. The summed E-state index contributed by atoms with van der Waals surface area (Å²) in [6, 6.07) is 13.1. The van der Waals surface area contributed by atoms with Crippen molar-refractivity contribution in [2.24, 2.45) is 0 Å². The fourth-order valence-corrected chi connectivity index (χ4v) is 2.98. The lowest BCUT2D eigenvalue weighted by atomic mass is 10.2. The van der Waals surface area contributed by atoms with E-state index in [0.29, 0.717) is 44.7 Å². The predicted octanol–water partition coefficient (Wildman–Crippen LogP) is 4.87. The Kier molecular flexibility index (Phi) is 4.68. The third-order valence-corrected chi connectivity index (χ3v) is 4.54. The van der Waals surface area contributed by atoms with Crippen molar-refractivity contribution in [3.05, 3.63) is 65.2 Å². The Balaban J connectivity index is 1.44. The Hall–Kier alpha value is -2.71. The molecule has 9 heteroatoms. The third-order valence-electron chi connectivity index (χ3n) is 3.39. The summed E-state index contributed by atoms with van der Waals surface area (Å²) in [6.45, 7) is 0. The van der Waals surface area contributed by atoms with Crippen molar-refractivity contribution in [3.63, 3.8) is 0 Å². The van der Waals surface area contributed by atoms with Gasteiger partial charge in [0.15, 0.2) is 5.82 Å². The highest BCUT2D eigenvalue weighted by atomic mass is 35.5. The van der Waals surface area contributed by atoms with Crippen LogP contribution in [0.5, 0.6) is 0 Å². The summed E-state index contributed by atoms with van der Waals surface area (Å²) >= 11 is 7.39. The van der Waals surface area contributed by atoms with Gasteiger partial charge in [0.1, 0.15) is 5.82 Å². The molecule has 0 radical (unpaired) electrons. The van der Waals surface area contributed by atoms with Crippen LogP contribution in [0.1, 0.15) is 5.82 Å². The van der Waals surface area contributed by atoms with E-state index in [1.807, 2.05) is 12.1 Å². The summed E-state index contributed by atoms with van der Waals surface area (Å²) in [5.41, 5.74) is 1.32. The summed E-state index contributed by atoms with van der Waals surface area (Å²) < 4.78 is 23.8. The van der Waals surface area contributed by atoms with E-state index >= 15 is 0 Å². The van der Waals surface area contributed by atoms with Crippen LogP contribution in [0, 0.1) is 5.82 Å². The minimum absolute atomic E-state index is 0.317. The molecule has 6 nitrogen and oxygen atoms in total. The van der Waals surface area contributed by atoms with Gasteiger partial charge in [0, 0.05) is 5.56 Å². The van der Waals surface area contributed by atoms with Crippen molar-refractivity contribution in [2.75, 3.05) is 0 Å².